The van der Waals surface area contributed by atoms with Crippen molar-refractivity contribution in [1.29, 1.82) is 0 Å². The predicted octanol–water partition coefficient (Wildman–Crippen LogP) is 2.71. The Morgan fingerprint density at radius 3 is 2.69 bits per heavy atom. The van der Waals surface area contributed by atoms with Crippen LogP contribution in [0.3, 0.4) is 0 Å². The number of Topliss-reactive ketones (excluding diaryl/α,β-unsaturated/α-hetero) is 1. The number of methoxy groups -OCH3 is 1. The molecule has 3 rings (SSSR count). The van der Waals surface area contributed by atoms with Crippen molar-refractivity contribution in [3.63, 3.8) is 0 Å². The lowest BCUT2D eigenvalue weighted by Gasteiger charge is -2.46. The topological polar surface area (TPSA) is 101 Å². The number of nitrogens with zero attached hydrogens (tertiary/aromatic N) is 2. The fraction of sp³-hybridized carbons (Fsp3) is 0.480. The maximum atomic E-state index is 13.9. The highest BCUT2D eigenvalue weighted by atomic mass is 19.1. The summed E-state index contributed by atoms with van der Waals surface area (Å²) in [4.78, 5) is 41.3. The van der Waals surface area contributed by atoms with Crippen LogP contribution in [0.4, 0.5) is 8.78 Å². The first-order valence-corrected chi connectivity index (χ1v) is 11.5. The molecule has 0 saturated heterocycles. The van der Waals surface area contributed by atoms with E-state index < -0.39 is 39.9 Å². The van der Waals surface area contributed by atoms with Gasteiger partial charge in [0.15, 0.2) is 11.5 Å². The van der Waals surface area contributed by atoms with Gasteiger partial charge in [-0.25, -0.2) is 8.78 Å². The van der Waals surface area contributed by atoms with E-state index in [-0.39, 0.29) is 36.0 Å². The summed E-state index contributed by atoms with van der Waals surface area (Å²) < 4.78 is 33.7. The maximum Gasteiger partial charge on any atom is 0.257 e. The second-order valence-corrected chi connectivity index (χ2v) is 9.13. The molecule has 0 saturated carbocycles. The number of aromatic nitrogens is 1. The van der Waals surface area contributed by atoms with Crippen molar-refractivity contribution in [3.8, 4) is 5.75 Å². The molecule has 0 radical (unpaired) electrons. The number of hydrogen-bond donors (Lipinski definition) is 2. The second kappa shape index (κ2) is 10.7. The Bertz CT molecular complexity index is 1180. The molecular formula is C25H31F2N3O5. The Morgan fingerprint density at radius 1 is 1.34 bits per heavy atom. The van der Waals surface area contributed by atoms with Crippen LogP contribution in [0.25, 0.3) is 0 Å². The molecule has 2 atom stereocenters. The largest absolute Gasteiger partial charge is 0.503 e. The lowest BCUT2D eigenvalue weighted by Crippen LogP contribution is -2.56. The number of nitrogens with one attached hydrogen (secondary N) is 1. The van der Waals surface area contributed by atoms with Crippen LogP contribution in [0.1, 0.15) is 53.1 Å². The zero-order valence-corrected chi connectivity index (χ0v) is 20.4. The summed E-state index contributed by atoms with van der Waals surface area (Å²) in [6.07, 6.45) is 2.51. The number of likely N-dealkylation sites (N-methyl/N-ethyl adjacent to an activating group) is 1. The third-order valence-corrected chi connectivity index (χ3v) is 6.73. The molecule has 1 aliphatic rings. The molecule has 0 bridgehead atoms. The van der Waals surface area contributed by atoms with E-state index in [1.54, 1.807) is 14.0 Å². The molecule has 1 aromatic heterocycles. The number of benzene rings is 1. The number of halogens is 2. The minimum Gasteiger partial charge on any atom is -0.503 e. The molecule has 2 heterocycles. The van der Waals surface area contributed by atoms with E-state index >= 15 is 0 Å². The first-order valence-electron chi connectivity index (χ1n) is 11.5. The highest BCUT2D eigenvalue weighted by molar-refractivity contribution is 6.03. The van der Waals surface area contributed by atoms with Crippen molar-refractivity contribution in [2.45, 2.75) is 45.8 Å². The van der Waals surface area contributed by atoms with Crippen LogP contribution in [0.15, 0.2) is 29.2 Å². The number of rotatable bonds is 9. The van der Waals surface area contributed by atoms with E-state index in [1.807, 2.05) is 14.0 Å². The Labute approximate surface area is 202 Å². The van der Waals surface area contributed by atoms with Crippen molar-refractivity contribution < 1.29 is 28.2 Å². The molecular weight excluding hydrogens is 460 g/mol. The van der Waals surface area contributed by atoms with Gasteiger partial charge >= 0.3 is 0 Å². The predicted molar refractivity (Wildman–Crippen MR) is 126 cm³/mol. The molecule has 1 aromatic carbocycles. The number of fused-ring (bicyclic) bond motifs is 1. The third kappa shape index (κ3) is 5.13. The van der Waals surface area contributed by atoms with Gasteiger partial charge in [-0.3, -0.25) is 14.4 Å². The third-order valence-electron chi connectivity index (χ3n) is 6.73. The molecule has 2 aromatic rings. The van der Waals surface area contributed by atoms with E-state index in [4.69, 9.17) is 4.74 Å². The van der Waals surface area contributed by atoms with Crippen molar-refractivity contribution >= 4 is 11.7 Å². The Kier molecular flexibility index (Phi) is 8.07. The smallest absolute Gasteiger partial charge is 0.257 e. The summed E-state index contributed by atoms with van der Waals surface area (Å²) in [5, 5.41) is 13.1. The van der Waals surface area contributed by atoms with Crippen LogP contribution in [-0.4, -0.2) is 59.6 Å². The summed E-state index contributed by atoms with van der Waals surface area (Å²) in [5.74, 6) is -3.62. The standard InChI is InChI=1S/C25H31F2N3O5/c1-5-9-29(3)19-14-30-13-17(24(34)28-12-15-6-7-16(26)11-18(15)27)21(31)22(32)20(30)23(33)25(19,2)8-10-35-4/h6-7,11,13,19,32H,5,8-10,12,14H2,1-4H3,(H,28,34). The summed E-state index contributed by atoms with van der Waals surface area (Å²) in [5.41, 5.74) is -2.40. The number of carbonyl (C=O) groups excluding carboxylic acids is 2. The molecule has 1 amide bonds. The fourth-order valence-electron chi connectivity index (χ4n) is 4.67. The molecule has 8 nitrogen and oxygen atoms in total. The van der Waals surface area contributed by atoms with Crippen LogP contribution < -0.4 is 10.7 Å². The number of aromatic hydroxyl groups is 1. The van der Waals surface area contributed by atoms with Crippen molar-refractivity contribution in [2.24, 2.45) is 5.41 Å². The Morgan fingerprint density at radius 2 is 2.06 bits per heavy atom. The first kappa shape index (κ1) is 26.5. The molecule has 10 heteroatoms. The molecule has 0 fully saturated rings. The lowest BCUT2D eigenvalue weighted by molar-refractivity contribution is 0.0281. The van der Waals surface area contributed by atoms with Crippen molar-refractivity contribution in [1.82, 2.24) is 14.8 Å². The van der Waals surface area contributed by atoms with Gasteiger partial charge in [0.1, 0.15) is 22.9 Å². The summed E-state index contributed by atoms with van der Waals surface area (Å²) in [7, 11) is 3.45. The zero-order chi connectivity index (χ0) is 25.9. The van der Waals surface area contributed by atoms with Gasteiger partial charge in [-0.2, -0.15) is 0 Å². The highest BCUT2D eigenvalue weighted by Gasteiger charge is 2.49. The van der Waals surface area contributed by atoms with Crippen molar-refractivity contribution in [3.05, 3.63) is 63.1 Å². The van der Waals surface area contributed by atoms with Crippen LogP contribution in [-0.2, 0) is 17.8 Å². The van der Waals surface area contributed by atoms with Crippen LogP contribution in [0.5, 0.6) is 5.75 Å². The molecule has 0 spiro atoms. The average Bonchev–Trinajstić information content (AvgIpc) is 2.81. The first-order chi connectivity index (χ1) is 16.5. The van der Waals surface area contributed by atoms with E-state index in [0.29, 0.717) is 19.1 Å². The number of hydrogen-bond acceptors (Lipinski definition) is 6. The van der Waals surface area contributed by atoms with Crippen LogP contribution in [0.2, 0.25) is 0 Å². The van der Waals surface area contributed by atoms with Gasteiger partial charge in [0, 0.05) is 50.7 Å². The van der Waals surface area contributed by atoms with Gasteiger partial charge in [-0.1, -0.05) is 19.9 Å². The van der Waals surface area contributed by atoms with E-state index in [2.05, 4.69) is 10.2 Å². The summed E-state index contributed by atoms with van der Waals surface area (Å²) in [6, 6.07) is 2.67. The van der Waals surface area contributed by atoms with Gasteiger partial charge in [-0.15, -0.1) is 0 Å². The zero-order valence-electron chi connectivity index (χ0n) is 20.4. The van der Waals surface area contributed by atoms with E-state index in [0.717, 1.165) is 19.0 Å². The van der Waals surface area contributed by atoms with Gasteiger partial charge in [0.05, 0.1) is 5.41 Å². The molecule has 35 heavy (non-hydrogen) atoms. The molecule has 2 unspecified atom stereocenters. The number of pyridine rings is 1. The lowest BCUT2D eigenvalue weighted by atomic mass is 9.71. The maximum absolute atomic E-state index is 13.9. The minimum absolute atomic E-state index is 0.0346. The van der Waals surface area contributed by atoms with Crippen LogP contribution >= 0.6 is 0 Å². The second-order valence-electron chi connectivity index (χ2n) is 9.13. The quantitative estimate of drug-likeness (QED) is 0.560. The average molecular weight is 492 g/mol. The van der Waals surface area contributed by atoms with E-state index in [9.17, 15) is 28.3 Å². The normalized spacial score (nSPS) is 19.6. The SMILES string of the molecule is CCCN(C)C1Cn2cc(C(=O)NCc3ccc(F)cc3F)c(=O)c(O)c2C(=O)C1(C)CCOC. The van der Waals surface area contributed by atoms with Crippen molar-refractivity contribution in [2.75, 3.05) is 27.3 Å². The molecule has 190 valence electrons. The Hall–Kier alpha value is -3.11. The summed E-state index contributed by atoms with van der Waals surface area (Å²) >= 11 is 0. The highest BCUT2D eigenvalue weighted by Crippen LogP contribution is 2.40. The van der Waals surface area contributed by atoms with Crippen LogP contribution in [0, 0.1) is 17.0 Å². The number of amides is 1. The number of ether oxygens (including phenoxy) is 1. The Balaban J connectivity index is 1.98. The molecule has 1 aliphatic heterocycles. The summed E-state index contributed by atoms with van der Waals surface area (Å²) in [6.45, 7) is 4.84. The van der Waals surface area contributed by atoms with Gasteiger partial charge in [-0.05, 0) is 32.5 Å². The van der Waals surface area contributed by atoms with Gasteiger partial charge in [0.25, 0.3) is 5.91 Å². The molecule has 2 N–H and O–H groups in total. The van der Waals surface area contributed by atoms with E-state index in [1.165, 1.54) is 16.8 Å². The number of carbonyl (C=O) groups is 2. The number of ketones is 1. The fourth-order valence-corrected chi connectivity index (χ4v) is 4.67. The van der Waals surface area contributed by atoms with Gasteiger partial charge < -0.3 is 24.6 Å². The minimum atomic E-state index is -0.990. The van der Waals surface area contributed by atoms with Gasteiger partial charge in [0.2, 0.25) is 5.43 Å². The molecule has 0 aliphatic carbocycles. The monoisotopic (exact) mass is 491 g/mol.